The standard InChI is InChI=1S/C17H21N3O2S/c1-3-20-16(22)13-9-8-11(10-14(13)18-17(20)23)15(21)19(2)12-6-4-5-7-12/h8-10,12H,3-7H2,1-2H3,(H,18,23). The molecule has 23 heavy (non-hydrogen) atoms. The van der Waals surface area contributed by atoms with Gasteiger partial charge in [0, 0.05) is 25.2 Å². The van der Waals surface area contributed by atoms with Gasteiger partial charge in [-0.2, -0.15) is 0 Å². The van der Waals surface area contributed by atoms with Crippen LogP contribution in [0.2, 0.25) is 0 Å². The van der Waals surface area contributed by atoms with Gasteiger partial charge in [0.15, 0.2) is 4.77 Å². The van der Waals surface area contributed by atoms with E-state index < -0.39 is 0 Å². The summed E-state index contributed by atoms with van der Waals surface area (Å²) in [5.41, 5.74) is 1.09. The molecule has 6 heteroatoms. The second kappa shape index (κ2) is 6.28. The van der Waals surface area contributed by atoms with Crippen LogP contribution in [-0.4, -0.2) is 33.4 Å². The van der Waals surface area contributed by atoms with Crippen LogP contribution in [0.3, 0.4) is 0 Å². The predicted molar refractivity (Wildman–Crippen MR) is 93.4 cm³/mol. The number of H-pyrrole nitrogens is 1. The second-order valence-electron chi connectivity index (χ2n) is 6.09. The number of amides is 1. The lowest BCUT2D eigenvalue weighted by Gasteiger charge is -2.24. The topological polar surface area (TPSA) is 58.1 Å². The molecular weight excluding hydrogens is 310 g/mol. The molecule has 1 heterocycles. The molecule has 1 aliphatic carbocycles. The van der Waals surface area contributed by atoms with E-state index in [9.17, 15) is 9.59 Å². The SMILES string of the molecule is CCn1c(=S)[nH]c2cc(C(=O)N(C)C3CCCC3)ccc2c1=O. The Hall–Kier alpha value is -1.95. The van der Waals surface area contributed by atoms with Crippen molar-refractivity contribution in [3.63, 3.8) is 0 Å². The van der Waals surface area contributed by atoms with Gasteiger partial charge in [-0.15, -0.1) is 0 Å². The molecular formula is C17H21N3O2S. The smallest absolute Gasteiger partial charge is 0.262 e. The Labute approximate surface area is 139 Å². The van der Waals surface area contributed by atoms with Crippen LogP contribution in [0, 0.1) is 4.77 Å². The number of aromatic nitrogens is 2. The zero-order valence-corrected chi connectivity index (χ0v) is 14.3. The highest BCUT2D eigenvalue weighted by Gasteiger charge is 2.24. The third-order valence-electron chi connectivity index (χ3n) is 4.74. The molecule has 0 unspecified atom stereocenters. The molecule has 1 fully saturated rings. The molecule has 0 saturated heterocycles. The maximum Gasteiger partial charge on any atom is 0.262 e. The van der Waals surface area contributed by atoms with Crippen molar-refractivity contribution in [2.75, 3.05) is 7.05 Å². The van der Waals surface area contributed by atoms with Gasteiger partial charge in [0.2, 0.25) is 0 Å². The van der Waals surface area contributed by atoms with Gasteiger partial charge in [-0.3, -0.25) is 14.2 Å². The number of rotatable bonds is 3. The van der Waals surface area contributed by atoms with E-state index >= 15 is 0 Å². The van der Waals surface area contributed by atoms with Crippen LogP contribution in [0.5, 0.6) is 0 Å². The molecule has 0 spiro atoms. The van der Waals surface area contributed by atoms with E-state index in [4.69, 9.17) is 12.2 Å². The Kier molecular flexibility index (Phi) is 4.35. The van der Waals surface area contributed by atoms with Crippen molar-refractivity contribution < 1.29 is 4.79 Å². The molecule has 0 aliphatic heterocycles. The molecule has 2 aromatic rings. The Balaban J connectivity index is 2.01. The number of hydrogen-bond donors (Lipinski definition) is 1. The number of benzene rings is 1. The van der Waals surface area contributed by atoms with Crippen LogP contribution in [0.15, 0.2) is 23.0 Å². The van der Waals surface area contributed by atoms with E-state index in [0.29, 0.717) is 33.8 Å². The van der Waals surface area contributed by atoms with Gasteiger partial charge in [0.1, 0.15) is 0 Å². The number of carbonyl (C=O) groups is 1. The zero-order chi connectivity index (χ0) is 16.6. The fourth-order valence-electron chi connectivity index (χ4n) is 3.34. The highest BCUT2D eigenvalue weighted by Crippen LogP contribution is 2.24. The molecule has 5 nitrogen and oxygen atoms in total. The van der Waals surface area contributed by atoms with E-state index in [-0.39, 0.29) is 11.5 Å². The normalized spacial score (nSPS) is 15.2. The van der Waals surface area contributed by atoms with Gasteiger partial charge in [0.05, 0.1) is 10.9 Å². The molecule has 3 rings (SSSR count). The molecule has 1 aliphatic rings. The molecule has 1 aromatic heterocycles. The average Bonchev–Trinajstić information content (AvgIpc) is 3.07. The fourth-order valence-corrected chi connectivity index (χ4v) is 3.66. The van der Waals surface area contributed by atoms with Gasteiger partial charge in [0.25, 0.3) is 11.5 Å². The van der Waals surface area contributed by atoms with Crippen LogP contribution in [0.25, 0.3) is 10.9 Å². The van der Waals surface area contributed by atoms with Crippen molar-refractivity contribution in [1.29, 1.82) is 0 Å². The highest BCUT2D eigenvalue weighted by atomic mass is 32.1. The average molecular weight is 331 g/mol. The summed E-state index contributed by atoms with van der Waals surface area (Å²) < 4.78 is 1.91. The largest absolute Gasteiger partial charge is 0.339 e. The molecule has 0 bridgehead atoms. The summed E-state index contributed by atoms with van der Waals surface area (Å²) >= 11 is 5.23. The first kappa shape index (κ1) is 15.9. The Bertz CT molecular complexity index is 862. The summed E-state index contributed by atoms with van der Waals surface area (Å²) in [6, 6.07) is 5.50. The third kappa shape index (κ3) is 2.83. The molecule has 122 valence electrons. The van der Waals surface area contributed by atoms with Crippen molar-refractivity contribution in [1.82, 2.24) is 14.5 Å². The molecule has 1 aromatic carbocycles. The summed E-state index contributed by atoms with van der Waals surface area (Å²) in [5.74, 6) is -0.00205. The van der Waals surface area contributed by atoms with Gasteiger partial charge in [-0.1, -0.05) is 12.8 Å². The lowest BCUT2D eigenvalue weighted by molar-refractivity contribution is 0.0735. The lowest BCUT2D eigenvalue weighted by Crippen LogP contribution is -2.35. The Morgan fingerprint density at radius 1 is 1.39 bits per heavy atom. The van der Waals surface area contributed by atoms with Crippen molar-refractivity contribution in [3.8, 4) is 0 Å². The van der Waals surface area contributed by atoms with Crippen LogP contribution in [-0.2, 0) is 6.54 Å². The van der Waals surface area contributed by atoms with E-state index in [1.54, 1.807) is 18.2 Å². The number of nitrogens with zero attached hydrogens (tertiary/aromatic N) is 2. The summed E-state index contributed by atoms with van der Waals surface area (Å²) in [4.78, 5) is 29.9. The first-order valence-electron chi connectivity index (χ1n) is 8.07. The van der Waals surface area contributed by atoms with Crippen LogP contribution in [0.4, 0.5) is 0 Å². The molecule has 1 saturated carbocycles. The third-order valence-corrected chi connectivity index (χ3v) is 5.06. The maximum atomic E-state index is 12.7. The van der Waals surface area contributed by atoms with Crippen molar-refractivity contribution >= 4 is 29.0 Å². The maximum absolute atomic E-state index is 12.7. The minimum Gasteiger partial charge on any atom is -0.339 e. The van der Waals surface area contributed by atoms with E-state index in [2.05, 4.69) is 4.98 Å². The molecule has 1 amide bonds. The van der Waals surface area contributed by atoms with Crippen LogP contribution < -0.4 is 5.56 Å². The number of fused-ring (bicyclic) bond motifs is 1. The van der Waals surface area contributed by atoms with Crippen molar-refractivity contribution in [3.05, 3.63) is 38.9 Å². The van der Waals surface area contributed by atoms with E-state index in [0.717, 1.165) is 12.8 Å². The fraction of sp³-hybridized carbons (Fsp3) is 0.471. The minimum absolute atomic E-state index is 0.00205. The molecule has 1 N–H and O–H groups in total. The van der Waals surface area contributed by atoms with Gasteiger partial charge >= 0.3 is 0 Å². The number of hydrogen-bond acceptors (Lipinski definition) is 3. The quantitative estimate of drug-likeness (QED) is 0.879. The lowest BCUT2D eigenvalue weighted by atomic mass is 10.1. The van der Waals surface area contributed by atoms with Crippen molar-refractivity contribution in [2.45, 2.75) is 45.2 Å². The first-order valence-corrected chi connectivity index (χ1v) is 8.47. The molecule has 0 atom stereocenters. The van der Waals surface area contributed by atoms with Gasteiger partial charge in [-0.05, 0) is 50.2 Å². The minimum atomic E-state index is -0.116. The summed E-state index contributed by atoms with van der Waals surface area (Å²) in [6.07, 6.45) is 4.51. The predicted octanol–water partition coefficient (Wildman–Crippen LogP) is 3.09. The van der Waals surface area contributed by atoms with Crippen LogP contribution in [0.1, 0.15) is 43.0 Å². The number of aromatic amines is 1. The Morgan fingerprint density at radius 3 is 2.74 bits per heavy atom. The monoisotopic (exact) mass is 331 g/mol. The van der Waals surface area contributed by atoms with Crippen LogP contribution >= 0.6 is 12.2 Å². The number of carbonyl (C=O) groups excluding carboxylic acids is 1. The first-order chi connectivity index (χ1) is 11.0. The number of nitrogens with one attached hydrogen (secondary N) is 1. The summed E-state index contributed by atoms with van der Waals surface area (Å²) in [5, 5.41) is 0.556. The van der Waals surface area contributed by atoms with Gasteiger partial charge in [-0.25, -0.2) is 0 Å². The van der Waals surface area contributed by atoms with Crippen molar-refractivity contribution in [2.24, 2.45) is 0 Å². The second-order valence-corrected chi connectivity index (χ2v) is 6.48. The Morgan fingerprint density at radius 2 is 2.09 bits per heavy atom. The van der Waals surface area contributed by atoms with Gasteiger partial charge < -0.3 is 9.88 Å². The summed E-state index contributed by atoms with van der Waals surface area (Å²) in [7, 11) is 1.86. The zero-order valence-electron chi connectivity index (χ0n) is 13.5. The summed E-state index contributed by atoms with van der Waals surface area (Å²) in [6.45, 7) is 2.40. The van der Waals surface area contributed by atoms with E-state index in [1.165, 1.54) is 17.4 Å². The molecule has 0 radical (unpaired) electrons. The highest BCUT2D eigenvalue weighted by molar-refractivity contribution is 7.71. The van der Waals surface area contributed by atoms with E-state index in [1.807, 2.05) is 18.9 Å².